The Bertz CT molecular complexity index is 1460. The van der Waals surface area contributed by atoms with E-state index in [1.54, 1.807) is 0 Å². The molecule has 442 valence electrons. The van der Waals surface area contributed by atoms with Crippen molar-refractivity contribution >= 4 is 31.8 Å². The van der Waals surface area contributed by atoms with E-state index >= 15 is 0 Å². The Morgan fingerprint density at radius 2 is 1.01 bits per heavy atom. The molecule has 1 fully saturated rings. The van der Waals surface area contributed by atoms with E-state index in [9.17, 15) is 49.1 Å². The van der Waals surface area contributed by atoms with Gasteiger partial charge in [-0.1, -0.05) is 194 Å². The molecular formula is C54H102N2NaO18P. The molecule has 2 amide bonds. The van der Waals surface area contributed by atoms with Gasteiger partial charge < -0.3 is 73.4 Å². The topological polar surface area (TPSA) is 287 Å². The SMILES string of the molecule is CCCCCCCCCCCCCCCCCC(=O)OCC(COP(=O)([O-])OCCNC(=O)OCCOCC(=O)NCCO[C@@H]1O[C@H](CO)[C@@H](O)[C@H](O)[C@H]1O)OC(=O)CCCCCCCCCCCCCCCCC.[Na+]. The minimum Gasteiger partial charge on any atom is -0.756 e. The predicted molar refractivity (Wildman–Crippen MR) is 282 cm³/mol. The van der Waals surface area contributed by atoms with E-state index in [4.69, 9.17) is 37.5 Å². The average molecular weight is 1120 g/mol. The number of hydrogen-bond acceptors (Lipinski definition) is 18. The van der Waals surface area contributed by atoms with Crippen LogP contribution in [0, 0.1) is 0 Å². The maximum absolute atomic E-state index is 12.8. The Hall–Kier alpha value is -1.49. The van der Waals surface area contributed by atoms with E-state index in [0.29, 0.717) is 12.8 Å². The summed E-state index contributed by atoms with van der Waals surface area (Å²) in [6.07, 6.45) is 27.0. The minimum absolute atomic E-state index is 0. The third-order valence-electron chi connectivity index (χ3n) is 13.0. The quantitative estimate of drug-likeness (QED) is 0.0151. The van der Waals surface area contributed by atoms with Crippen molar-refractivity contribution < 1.29 is 116 Å². The van der Waals surface area contributed by atoms with Crippen LogP contribution < -0.4 is 45.1 Å². The summed E-state index contributed by atoms with van der Waals surface area (Å²) in [5, 5.41) is 43.7. The van der Waals surface area contributed by atoms with Gasteiger partial charge >= 0.3 is 47.6 Å². The summed E-state index contributed by atoms with van der Waals surface area (Å²) in [5.41, 5.74) is 0. The van der Waals surface area contributed by atoms with Crippen LogP contribution in [0.5, 0.6) is 0 Å². The fourth-order valence-corrected chi connectivity index (χ4v) is 9.19. The zero-order chi connectivity index (χ0) is 55.0. The minimum atomic E-state index is -4.95. The smallest absolute Gasteiger partial charge is 0.756 e. The molecule has 22 heteroatoms. The van der Waals surface area contributed by atoms with Crippen molar-refractivity contribution in [2.24, 2.45) is 0 Å². The first-order valence-electron chi connectivity index (χ1n) is 29.0. The number of amides is 2. The van der Waals surface area contributed by atoms with Crippen LogP contribution in [-0.2, 0) is 56.4 Å². The number of nitrogens with one attached hydrogen (secondary N) is 2. The molecule has 7 atom stereocenters. The number of unbranched alkanes of at least 4 members (excludes halogenated alkanes) is 28. The summed E-state index contributed by atoms with van der Waals surface area (Å²) in [5.74, 6) is -1.56. The van der Waals surface area contributed by atoms with Gasteiger partial charge in [0.05, 0.1) is 33.0 Å². The number of phosphoric acid groups is 1. The van der Waals surface area contributed by atoms with Crippen LogP contribution in [0.3, 0.4) is 0 Å². The van der Waals surface area contributed by atoms with Crippen molar-refractivity contribution in [2.45, 2.75) is 256 Å². The van der Waals surface area contributed by atoms with Gasteiger partial charge in [0.1, 0.15) is 44.2 Å². The maximum atomic E-state index is 12.8. The molecule has 20 nitrogen and oxygen atoms in total. The van der Waals surface area contributed by atoms with Crippen molar-refractivity contribution in [3.8, 4) is 0 Å². The summed E-state index contributed by atoms with van der Waals surface area (Å²) in [4.78, 5) is 62.2. The van der Waals surface area contributed by atoms with E-state index in [1.165, 1.54) is 141 Å². The fourth-order valence-electron chi connectivity index (χ4n) is 8.45. The molecule has 0 aromatic carbocycles. The normalized spacial score (nSPS) is 18.5. The number of aliphatic hydroxyl groups is 4. The number of alkyl carbamates (subject to hydrolysis) is 1. The molecule has 0 aromatic rings. The molecule has 1 saturated heterocycles. The van der Waals surface area contributed by atoms with Gasteiger partial charge in [0.25, 0.3) is 7.82 Å². The van der Waals surface area contributed by atoms with E-state index in [1.807, 2.05) is 0 Å². The Morgan fingerprint density at radius 1 is 0.553 bits per heavy atom. The van der Waals surface area contributed by atoms with Gasteiger partial charge in [-0.15, -0.1) is 0 Å². The first-order chi connectivity index (χ1) is 36.3. The molecule has 1 aliphatic heterocycles. The average Bonchev–Trinajstić information content (AvgIpc) is 3.39. The molecule has 6 N–H and O–H groups in total. The summed E-state index contributed by atoms with van der Waals surface area (Å²) >= 11 is 0. The van der Waals surface area contributed by atoms with Crippen molar-refractivity contribution in [2.75, 3.05) is 65.9 Å². The zero-order valence-electron chi connectivity index (χ0n) is 47.1. The monoisotopic (exact) mass is 1120 g/mol. The van der Waals surface area contributed by atoms with Gasteiger partial charge in [-0.2, -0.15) is 0 Å². The van der Waals surface area contributed by atoms with Gasteiger partial charge in [-0.05, 0) is 12.8 Å². The predicted octanol–water partition coefficient (Wildman–Crippen LogP) is 5.15. The molecule has 1 rings (SSSR count). The summed E-state index contributed by atoms with van der Waals surface area (Å²) in [7, 11) is -4.95. The van der Waals surface area contributed by atoms with Crippen molar-refractivity contribution in [3.05, 3.63) is 0 Å². The largest absolute Gasteiger partial charge is 1.00 e. The number of rotatable bonds is 52. The molecule has 1 heterocycles. The molecule has 2 unspecified atom stereocenters. The maximum Gasteiger partial charge on any atom is 1.00 e. The third kappa shape index (κ3) is 43.3. The van der Waals surface area contributed by atoms with E-state index in [2.05, 4.69) is 24.5 Å². The van der Waals surface area contributed by atoms with Gasteiger partial charge in [-0.25, -0.2) is 4.79 Å². The number of hydrogen-bond donors (Lipinski definition) is 6. The number of carbonyl (C=O) groups is 4. The molecule has 0 saturated carbocycles. The van der Waals surface area contributed by atoms with Crippen LogP contribution in [-0.4, -0.2) is 147 Å². The number of esters is 2. The van der Waals surface area contributed by atoms with Crippen molar-refractivity contribution in [3.63, 3.8) is 0 Å². The first-order valence-corrected chi connectivity index (χ1v) is 30.4. The summed E-state index contributed by atoms with van der Waals surface area (Å²) < 4.78 is 54.0. The van der Waals surface area contributed by atoms with Gasteiger partial charge in [0.15, 0.2) is 12.4 Å². The van der Waals surface area contributed by atoms with Crippen LogP contribution in [0.2, 0.25) is 0 Å². The molecule has 76 heavy (non-hydrogen) atoms. The molecular weight excluding hydrogens is 1020 g/mol. The summed E-state index contributed by atoms with van der Waals surface area (Å²) in [6, 6.07) is 0. The van der Waals surface area contributed by atoms with Crippen LogP contribution in [0.1, 0.15) is 219 Å². The van der Waals surface area contributed by atoms with Crippen LogP contribution in [0.25, 0.3) is 0 Å². The second-order valence-corrected chi connectivity index (χ2v) is 21.2. The first kappa shape index (κ1) is 74.5. The van der Waals surface area contributed by atoms with Gasteiger partial charge in [-0.3, -0.25) is 18.9 Å². The third-order valence-corrected chi connectivity index (χ3v) is 13.9. The van der Waals surface area contributed by atoms with E-state index in [-0.39, 0.29) is 88.5 Å². The number of aliphatic hydroxyl groups excluding tert-OH is 4. The Balaban J connectivity index is 0.0000562. The van der Waals surface area contributed by atoms with Crippen LogP contribution >= 0.6 is 7.82 Å². The van der Waals surface area contributed by atoms with Gasteiger partial charge in [0.2, 0.25) is 5.91 Å². The van der Waals surface area contributed by atoms with E-state index in [0.717, 1.165) is 38.5 Å². The Kier molecular flexibility index (Phi) is 50.6. The van der Waals surface area contributed by atoms with Crippen LogP contribution in [0.15, 0.2) is 0 Å². The Labute approximate surface area is 478 Å². The molecule has 0 radical (unpaired) electrons. The molecule has 0 bridgehead atoms. The molecule has 1 aliphatic rings. The van der Waals surface area contributed by atoms with Crippen LogP contribution in [0.4, 0.5) is 4.79 Å². The number of carbonyl (C=O) groups excluding carboxylic acids is 4. The second kappa shape index (κ2) is 51.6. The molecule has 0 aromatic heterocycles. The number of phosphoric ester groups is 1. The standard InChI is InChI=1S/C54H103N2O18P.Na/c1-3-5-7-9-11-13-15-17-19-21-23-25-27-29-31-33-48(59)70-42-45(73-49(60)34-32-30-28-26-24-22-20-18-16-14-12-10-8-6-4-2)43-72-75(65,66)71-38-36-56-54(64)69-40-39-67-44-47(58)55-35-37-68-53-52(63)51(62)50(61)46(41-57)74-53;/h45-46,50-53,57,61-63H,3-44H2,1-2H3,(H,55,58)(H,56,64)(H,65,66);/q;+1/p-1/t45?,46-,50-,51+,52-,53-;/m1./s1. The second-order valence-electron chi connectivity index (χ2n) is 19.8. The summed E-state index contributed by atoms with van der Waals surface area (Å²) in [6.45, 7) is 1.12. The zero-order valence-corrected chi connectivity index (χ0v) is 50.0. The molecule has 0 spiro atoms. The molecule has 0 aliphatic carbocycles. The van der Waals surface area contributed by atoms with Gasteiger partial charge in [0, 0.05) is 25.9 Å². The van der Waals surface area contributed by atoms with Crippen molar-refractivity contribution in [1.82, 2.24) is 10.6 Å². The number of ether oxygens (including phenoxy) is 6. The van der Waals surface area contributed by atoms with E-state index < -0.39 is 88.4 Å². The Morgan fingerprint density at radius 3 is 1.50 bits per heavy atom. The fraction of sp³-hybridized carbons (Fsp3) is 0.926. The van der Waals surface area contributed by atoms with Crippen molar-refractivity contribution in [1.29, 1.82) is 0 Å².